The van der Waals surface area contributed by atoms with Crippen molar-refractivity contribution >= 4 is 33.6 Å². The summed E-state index contributed by atoms with van der Waals surface area (Å²) in [6.45, 7) is 1.27. The summed E-state index contributed by atoms with van der Waals surface area (Å²) in [7, 11) is -4.35. The average Bonchev–Trinajstić information content (AvgIpc) is 3.63. The lowest BCUT2D eigenvalue weighted by Crippen LogP contribution is -2.36. The van der Waals surface area contributed by atoms with Crippen molar-refractivity contribution in [3.05, 3.63) is 64.4 Å². The Labute approximate surface area is 212 Å². The first-order chi connectivity index (χ1) is 17.7. The number of fused-ring (bicyclic) bond motifs is 2. The Hall–Kier alpha value is -4.13. The summed E-state index contributed by atoms with van der Waals surface area (Å²) in [5.41, 5.74) is 5.94. The molecular weight excluding hydrogens is 498 g/mol. The van der Waals surface area contributed by atoms with E-state index in [9.17, 15) is 22.8 Å². The van der Waals surface area contributed by atoms with E-state index in [1.54, 1.807) is 6.92 Å². The number of amides is 3. The van der Waals surface area contributed by atoms with Crippen LogP contribution >= 0.6 is 0 Å². The van der Waals surface area contributed by atoms with Gasteiger partial charge in [-0.05, 0) is 73.8 Å². The number of nitrogens with zero attached hydrogens (tertiary/aromatic N) is 4. The number of rotatable bonds is 6. The quantitative estimate of drug-likeness (QED) is 0.438. The number of benzene rings is 1. The first-order valence-electron chi connectivity index (χ1n) is 11.9. The van der Waals surface area contributed by atoms with Gasteiger partial charge in [-0.25, -0.2) is 19.2 Å². The Morgan fingerprint density at radius 3 is 2.35 bits per heavy atom. The summed E-state index contributed by atoms with van der Waals surface area (Å²) >= 11 is 0. The number of hydrogen-bond donors (Lipinski definition) is 3. The van der Waals surface area contributed by atoms with Gasteiger partial charge in [0.1, 0.15) is 5.69 Å². The van der Waals surface area contributed by atoms with Gasteiger partial charge in [0.05, 0.1) is 18.4 Å². The molecule has 3 aromatic rings. The number of urea groups is 1. The molecule has 3 amide bonds. The molecule has 0 fully saturated rings. The molecule has 0 bridgehead atoms. The Kier molecular flexibility index (Phi) is 6.46. The Balaban J connectivity index is 1.23. The van der Waals surface area contributed by atoms with Crippen molar-refractivity contribution in [2.24, 2.45) is 0 Å². The summed E-state index contributed by atoms with van der Waals surface area (Å²) in [6.07, 6.45) is 9.40. The molecule has 0 saturated heterocycles. The van der Waals surface area contributed by atoms with Crippen molar-refractivity contribution in [1.82, 2.24) is 29.8 Å². The molecule has 37 heavy (non-hydrogen) atoms. The fourth-order valence-electron chi connectivity index (χ4n) is 4.71. The lowest BCUT2D eigenvalue weighted by molar-refractivity contribution is 0.0847. The molecule has 0 atom stereocenters. The van der Waals surface area contributed by atoms with Crippen LogP contribution in [0.15, 0.2) is 35.7 Å². The van der Waals surface area contributed by atoms with Gasteiger partial charge in [-0.2, -0.15) is 13.5 Å². The number of aryl methyl sites for hydroxylation is 3. The maximum atomic E-state index is 12.8. The molecule has 0 aliphatic heterocycles. The van der Waals surface area contributed by atoms with E-state index in [2.05, 4.69) is 31.8 Å². The number of nitrogens with one attached hydrogen (secondary N) is 3. The summed E-state index contributed by atoms with van der Waals surface area (Å²) in [4.78, 5) is 45.1. The van der Waals surface area contributed by atoms with Crippen molar-refractivity contribution in [3.8, 4) is 0 Å². The van der Waals surface area contributed by atoms with Gasteiger partial charge in [0.2, 0.25) is 0 Å². The van der Waals surface area contributed by atoms with Gasteiger partial charge in [0.15, 0.2) is 5.03 Å². The number of anilines is 1. The Morgan fingerprint density at radius 2 is 1.70 bits per heavy atom. The highest BCUT2D eigenvalue weighted by Gasteiger charge is 2.27. The van der Waals surface area contributed by atoms with E-state index in [0.29, 0.717) is 11.4 Å². The molecule has 0 radical (unpaired) electrons. The SMILES string of the molecule is Cc1cnc(C(=O)NCC(=O)n2ccc(S(=O)(=O)NC(=O)Nc3c4c(cc5c3CCC5)CCC4)n2)cn1. The summed E-state index contributed by atoms with van der Waals surface area (Å²) in [5.74, 6) is -1.30. The second-order valence-electron chi connectivity index (χ2n) is 9.01. The molecule has 5 rings (SSSR count). The highest BCUT2D eigenvalue weighted by atomic mass is 32.2. The van der Waals surface area contributed by atoms with E-state index >= 15 is 0 Å². The first-order valence-corrected chi connectivity index (χ1v) is 13.4. The highest BCUT2D eigenvalue weighted by Crippen LogP contribution is 2.38. The zero-order valence-electron chi connectivity index (χ0n) is 20.1. The average molecular weight is 524 g/mol. The Morgan fingerprint density at radius 1 is 1.00 bits per heavy atom. The molecule has 2 aliphatic rings. The topological polar surface area (TPSA) is 165 Å². The van der Waals surface area contributed by atoms with E-state index < -0.39 is 39.4 Å². The fraction of sp³-hybridized carbons (Fsp3) is 0.333. The van der Waals surface area contributed by atoms with Crippen LogP contribution in [0.5, 0.6) is 0 Å². The van der Waals surface area contributed by atoms with Crippen molar-refractivity contribution < 1.29 is 22.8 Å². The molecular formula is C24H25N7O5S. The lowest BCUT2D eigenvalue weighted by Gasteiger charge is -2.16. The summed E-state index contributed by atoms with van der Waals surface area (Å²) < 4.78 is 28.3. The van der Waals surface area contributed by atoms with Gasteiger partial charge in [-0.1, -0.05) is 6.07 Å². The number of carbonyl (C=O) groups excluding carboxylic acids is 3. The third-order valence-electron chi connectivity index (χ3n) is 6.45. The van der Waals surface area contributed by atoms with E-state index in [1.165, 1.54) is 23.5 Å². The third kappa shape index (κ3) is 5.07. The van der Waals surface area contributed by atoms with Crippen molar-refractivity contribution in [2.75, 3.05) is 11.9 Å². The monoisotopic (exact) mass is 523 g/mol. The highest BCUT2D eigenvalue weighted by molar-refractivity contribution is 7.90. The second-order valence-corrected chi connectivity index (χ2v) is 10.6. The minimum absolute atomic E-state index is 0.0343. The van der Waals surface area contributed by atoms with Crippen molar-refractivity contribution in [1.29, 1.82) is 0 Å². The van der Waals surface area contributed by atoms with Gasteiger partial charge < -0.3 is 10.6 Å². The third-order valence-corrected chi connectivity index (χ3v) is 7.67. The van der Waals surface area contributed by atoms with E-state index in [4.69, 9.17) is 0 Å². The van der Waals surface area contributed by atoms with Crippen LogP contribution in [0, 0.1) is 6.92 Å². The zero-order valence-corrected chi connectivity index (χ0v) is 20.9. The van der Waals surface area contributed by atoms with Crippen molar-refractivity contribution in [3.63, 3.8) is 0 Å². The van der Waals surface area contributed by atoms with Gasteiger partial charge in [-0.3, -0.25) is 14.6 Å². The smallest absolute Gasteiger partial charge is 0.333 e. The molecule has 2 aliphatic carbocycles. The standard InChI is InChI=1S/C24H25N7O5S/c1-14-11-26-19(12-25-14)23(33)27-13-21(32)31-9-8-20(29-31)37(35,36)30-24(34)28-22-17-6-2-4-15(17)10-16-5-3-7-18(16)22/h8-12H,2-7,13H2,1H3,(H,27,33)(H2,28,30,34). The molecule has 0 unspecified atom stereocenters. The number of hydrogen-bond acceptors (Lipinski definition) is 8. The zero-order chi connectivity index (χ0) is 26.2. The molecule has 12 nitrogen and oxygen atoms in total. The fourth-order valence-corrected chi connectivity index (χ4v) is 5.54. The van der Waals surface area contributed by atoms with Crippen molar-refractivity contribution in [2.45, 2.75) is 50.5 Å². The van der Waals surface area contributed by atoms with Gasteiger partial charge >= 0.3 is 6.03 Å². The van der Waals surface area contributed by atoms with Crippen LogP contribution in [-0.2, 0) is 35.7 Å². The first kappa shape index (κ1) is 24.6. The molecule has 192 valence electrons. The Bertz CT molecular complexity index is 1480. The van der Waals surface area contributed by atoms with Crippen LogP contribution in [0.4, 0.5) is 10.5 Å². The van der Waals surface area contributed by atoms with E-state index in [1.807, 2.05) is 4.72 Å². The molecule has 1 aromatic carbocycles. The van der Waals surface area contributed by atoms with E-state index in [-0.39, 0.29) is 5.69 Å². The minimum atomic E-state index is -4.35. The normalized spacial score (nSPS) is 14.1. The predicted octanol–water partition coefficient (Wildman–Crippen LogP) is 1.54. The predicted molar refractivity (Wildman–Crippen MR) is 132 cm³/mol. The van der Waals surface area contributed by atoms with Crippen LogP contribution in [0.1, 0.15) is 56.1 Å². The minimum Gasteiger partial charge on any atom is -0.341 e. The van der Waals surface area contributed by atoms with Gasteiger partial charge in [-0.15, -0.1) is 0 Å². The molecule has 2 heterocycles. The molecule has 0 spiro atoms. The van der Waals surface area contributed by atoms with Crippen LogP contribution in [0.25, 0.3) is 0 Å². The molecule has 0 saturated carbocycles. The lowest BCUT2D eigenvalue weighted by atomic mass is 9.99. The second kappa shape index (κ2) is 9.73. The maximum absolute atomic E-state index is 12.8. The molecule has 2 aromatic heterocycles. The van der Waals surface area contributed by atoms with Crippen LogP contribution < -0.4 is 15.4 Å². The number of aromatic nitrogens is 4. The van der Waals surface area contributed by atoms with Crippen LogP contribution in [0.2, 0.25) is 0 Å². The molecule has 3 N–H and O–H groups in total. The number of carbonyl (C=O) groups is 3. The van der Waals surface area contributed by atoms with Crippen LogP contribution in [0.3, 0.4) is 0 Å². The van der Waals surface area contributed by atoms with Gasteiger partial charge in [0, 0.05) is 18.1 Å². The number of sulfonamides is 1. The summed E-state index contributed by atoms with van der Waals surface area (Å²) in [5, 5.41) is 8.42. The largest absolute Gasteiger partial charge is 0.341 e. The molecule has 13 heteroatoms. The van der Waals surface area contributed by atoms with Crippen LogP contribution in [-0.4, -0.2) is 52.6 Å². The summed E-state index contributed by atoms with van der Waals surface area (Å²) in [6, 6.07) is 2.42. The van der Waals surface area contributed by atoms with E-state index in [0.717, 1.165) is 66.6 Å². The van der Waals surface area contributed by atoms with Gasteiger partial charge in [0.25, 0.3) is 21.8 Å². The maximum Gasteiger partial charge on any atom is 0.333 e.